The van der Waals surface area contributed by atoms with Gasteiger partial charge in [-0.2, -0.15) is 0 Å². The van der Waals surface area contributed by atoms with Crippen molar-refractivity contribution in [3.63, 3.8) is 0 Å². The molecule has 2 aromatic carbocycles. The van der Waals surface area contributed by atoms with Crippen LogP contribution < -0.4 is 10.6 Å². The summed E-state index contributed by atoms with van der Waals surface area (Å²) in [6, 6.07) is 12.2. The molecule has 0 saturated heterocycles. The second-order valence-corrected chi connectivity index (χ2v) is 7.77. The average molecular weight is 381 g/mol. The van der Waals surface area contributed by atoms with Gasteiger partial charge in [-0.05, 0) is 42.5 Å². The summed E-state index contributed by atoms with van der Waals surface area (Å²) in [6.45, 7) is 0.445. The Hall–Kier alpha value is -2.38. The molecule has 8 heteroatoms. The van der Waals surface area contributed by atoms with Gasteiger partial charge in [-0.1, -0.05) is 17.7 Å². The molecule has 25 heavy (non-hydrogen) atoms. The van der Waals surface area contributed by atoms with E-state index in [9.17, 15) is 18.0 Å². The highest BCUT2D eigenvalue weighted by Crippen LogP contribution is 2.11. The summed E-state index contributed by atoms with van der Waals surface area (Å²) < 4.78 is 23.0. The third-order valence-corrected chi connectivity index (χ3v) is 4.69. The Labute approximate surface area is 151 Å². The molecule has 0 aromatic heterocycles. The van der Waals surface area contributed by atoms with Crippen LogP contribution in [0.5, 0.6) is 0 Å². The van der Waals surface area contributed by atoms with Crippen LogP contribution in [0.2, 0.25) is 5.02 Å². The zero-order chi connectivity index (χ0) is 18.4. The molecule has 0 radical (unpaired) electrons. The molecule has 132 valence electrons. The molecule has 2 aromatic rings. The van der Waals surface area contributed by atoms with Crippen LogP contribution in [0.4, 0.5) is 0 Å². The Kier molecular flexibility index (Phi) is 6.17. The van der Waals surface area contributed by atoms with E-state index in [1.165, 1.54) is 24.3 Å². The standard InChI is InChI=1S/C17H17ClN2O4S/c1-25(23,24)15-4-2-3-13(11-15)17(22)20-10-9-19-16(21)12-5-7-14(18)8-6-12/h2-8,11H,9-10H2,1H3,(H,19,21)(H,20,22). The molecule has 0 bridgehead atoms. The summed E-state index contributed by atoms with van der Waals surface area (Å²) in [5.41, 5.74) is 0.712. The van der Waals surface area contributed by atoms with Gasteiger partial charge in [-0.25, -0.2) is 8.42 Å². The van der Waals surface area contributed by atoms with Crippen LogP contribution in [0, 0.1) is 0 Å². The van der Waals surface area contributed by atoms with Crippen LogP contribution in [0.25, 0.3) is 0 Å². The van der Waals surface area contributed by atoms with E-state index < -0.39 is 15.7 Å². The molecule has 2 N–H and O–H groups in total. The Morgan fingerprint density at radius 1 is 0.920 bits per heavy atom. The number of hydrogen-bond donors (Lipinski definition) is 2. The lowest BCUT2D eigenvalue weighted by Crippen LogP contribution is -2.34. The van der Waals surface area contributed by atoms with E-state index in [4.69, 9.17) is 11.6 Å². The first-order valence-electron chi connectivity index (χ1n) is 7.39. The lowest BCUT2D eigenvalue weighted by atomic mass is 10.2. The van der Waals surface area contributed by atoms with E-state index in [1.54, 1.807) is 24.3 Å². The highest BCUT2D eigenvalue weighted by Gasteiger charge is 2.11. The van der Waals surface area contributed by atoms with Crippen molar-refractivity contribution in [1.82, 2.24) is 10.6 Å². The fraction of sp³-hybridized carbons (Fsp3) is 0.176. The van der Waals surface area contributed by atoms with Crippen molar-refractivity contribution in [2.24, 2.45) is 0 Å². The van der Waals surface area contributed by atoms with Gasteiger partial charge in [0.25, 0.3) is 11.8 Å². The number of carbonyl (C=O) groups is 2. The van der Waals surface area contributed by atoms with Crippen LogP contribution in [-0.4, -0.2) is 39.6 Å². The molecule has 0 aliphatic carbocycles. The van der Waals surface area contributed by atoms with E-state index in [0.717, 1.165) is 6.26 Å². The molecular weight excluding hydrogens is 364 g/mol. The minimum absolute atomic E-state index is 0.0798. The smallest absolute Gasteiger partial charge is 0.251 e. The molecule has 0 saturated carbocycles. The highest BCUT2D eigenvalue weighted by atomic mass is 35.5. The maximum absolute atomic E-state index is 12.0. The lowest BCUT2D eigenvalue weighted by molar-refractivity contribution is 0.0927. The maximum Gasteiger partial charge on any atom is 0.251 e. The number of sulfone groups is 1. The number of benzene rings is 2. The molecule has 0 fully saturated rings. The summed E-state index contributed by atoms with van der Waals surface area (Å²) in [5, 5.41) is 5.83. The predicted molar refractivity (Wildman–Crippen MR) is 95.7 cm³/mol. The summed E-state index contributed by atoms with van der Waals surface area (Å²) in [5.74, 6) is -0.684. The molecule has 2 amide bonds. The predicted octanol–water partition coefficient (Wildman–Crippen LogP) is 1.90. The van der Waals surface area contributed by atoms with Gasteiger partial charge < -0.3 is 10.6 Å². The number of nitrogens with one attached hydrogen (secondary N) is 2. The molecule has 0 aliphatic heterocycles. The molecule has 0 heterocycles. The van der Waals surface area contributed by atoms with Crippen LogP contribution >= 0.6 is 11.6 Å². The van der Waals surface area contributed by atoms with Gasteiger partial charge in [0, 0.05) is 35.5 Å². The zero-order valence-electron chi connectivity index (χ0n) is 13.5. The van der Waals surface area contributed by atoms with Crippen LogP contribution in [0.3, 0.4) is 0 Å². The Bertz CT molecular complexity index is 880. The normalized spacial score (nSPS) is 11.0. The van der Waals surface area contributed by atoms with Crippen molar-refractivity contribution in [3.8, 4) is 0 Å². The molecular formula is C17H17ClN2O4S. The molecule has 0 atom stereocenters. The quantitative estimate of drug-likeness (QED) is 0.748. The summed E-state index contributed by atoms with van der Waals surface area (Å²) in [6.07, 6.45) is 1.08. The monoisotopic (exact) mass is 380 g/mol. The fourth-order valence-corrected chi connectivity index (χ4v) is 2.82. The molecule has 2 rings (SSSR count). The summed E-state index contributed by atoms with van der Waals surface area (Å²) in [4.78, 5) is 24.0. The van der Waals surface area contributed by atoms with Crippen molar-refractivity contribution >= 4 is 33.3 Å². The number of amides is 2. The average Bonchev–Trinajstić information content (AvgIpc) is 2.58. The Morgan fingerprint density at radius 2 is 1.48 bits per heavy atom. The lowest BCUT2D eigenvalue weighted by Gasteiger charge is -2.08. The van der Waals surface area contributed by atoms with Crippen molar-refractivity contribution < 1.29 is 18.0 Å². The third-order valence-electron chi connectivity index (χ3n) is 3.33. The Morgan fingerprint density at radius 3 is 2.04 bits per heavy atom. The molecule has 0 spiro atoms. The first-order chi connectivity index (χ1) is 11.8. The van der Waals surface area contributed by atoms with E-state index >= 15 is 0 Å². The first kappa shape index (κ1) is 19.0. The number of carbonyl (C=O) groups excluding carboxylic acids is 2. The second-order valence-electron chi connectivity index (χ2n) is 5.32. The summed E-state index contributed by atoms with van der Waals surface area (Å²) in [7, 11) is -3.38. The molecule has 0 aliphatic rings. The molecule has 6 nitrogen and oxygen atoms in total. The maximum atomic E-state index is 12.0. The van der Waals surface area contributed by atoms with Gasteiger partial charge >= 0.3 is 0 Å². The second kappa shape index (κ2) is 8.13. The molecule has 0 unspecified atom stereocenters. The third kappa shape index (κ3) is 5.58. The number of rotatable bonds is 6. The minimum Gasteiger partial charge on any atom is -0.350 e. The van der Waals surface area contributed by atoms with E-state index in [-0.39, 0.29) is 29.5 Å². The van der Waals surface area contributed by atoms with Crippen LogP contribution in [0.1, 0.15) is 20.7 Å². The number of halogens is 1. The van der Waals surface area contributed by atoms with Gasteiger partial charge in [0.15, 0.2) is 9.84 Å². The largest absolute Gasteiger partial charge is 0.350 e. The zero-order valence-corrected chi connectivity index (χ0v) is 15.0. The van der Waals surface area contributed by atoms with Crippen LogP contribution in [0.15, 0.2) is 53.4 Å². The van der Waals surface area contributed by atoms with Crippen molar-refractivity contribution in [2.45, 2.75) is 4.90 Å². The van der Waals surface area contributed by atoms with Gasteiger partial charge in [-0.15, -0.1) is 0 Å². The van der Waals surface area contributed by atoms with E-state index in [0.29, 0.717) is 10.6 Å². The highest BCUT2D eigenvalue weighted by molar-refractivity contribution is 7.90. The first-order valence-corrected chi connectivity index (χ1v) is 9.66. The Balaban J connectivity index is 1.84. The van der Waals surface area contributed by atoms with Gasteiger partial charge in [0.1, 0.15) is 0 Å². The minimum atomic E-state index is -3.38. The van der Waals surface area contributed by atoms with Gasteiger partial charge in [0.2, 0.25) is 0 Å². The van der Waals surface area contributed by atoms with Gasteiger partial charge in [0.05, 0.1) is 4.90 Å². The van der Waals surface area contributed by atoms with Crippen LogP contribution in [-0.2, 0) is 9.84 Å². The van der Waals surface area contributed by atoms with Crippen molar-refractivity contribution in [2.75, 3.05) is 19.3 Å². The van der Waals surface area contributed by atoms with Crippen molar-refractivity contribution in [1.29, 1.82) is 0 Å². The van der Waals surface area contributed by atoms with Crippen molar-refractivity contribution in [3.05, 3.63) is 64.7 Å². The summed E-state index contributed by atoms with van der Waals surface area (Å²) >= 11 is 5.76. The SMILES string of the molecule is CS(=O)(=O)c1cccc(C(=O)NCCNC(=O)c2ccc(Cl)cc2)c1. The van der Waals surface area contributed by atoms with Gasteiger partial charge in [-0.3, -0.25) is 9.59 Å². The van der Waals surface area contributed by atoms with E-state index in [2.05, 4.69) is 10.6 Å². The number of hydrogen-bond acceptors (Lipinski definition) is 4. The topological polar surface area (TPSA) is 92.3 Å². The van der Waals surface area contributed by atoms with E-state index in [1.807, 2.05) is 0 Å². The fourth-order valence-electron chi connectivity index (χ4n) is 2.03.